The normalized spacial score (nSPS) is 8.60. The lowest BCUT2D eigenvalue weighted by atomic mass is 10.2. The lowest BCUT2D eigenvalue weighted by Gasteiger charge is -2.03. The van der Waals surface area contributed by atoms with Gasteiger partial charge < -0.3 is 4.74 Å². The topological polar surface area (TPSA) is 26.3 Å². The highest BCUT2D eigenvalue weighted by molar-refractivity contribution is 5.66. The number of ether oxygens (including phenoxy) is 1. The molecule has 0 aliphatic carbocycles. The molecule has 0 aromatic carbocycles. The van der Waals surface area contributed by atoms with Crippen molar-refractivity contribution in [2.45, 2.75) is 13.8 Å². The average molecular weight is 140 g/mol. The molecule has 0 aliphatic heterocycles. The van der Waals surface area contributed by atoms with Gasteiger partial charge in [0, 0.05) is 6.92 Å². The van der Waals surface area contributed by atoms with Crippen LogP contribution in [0.25, 0.3) is 0 Å². The first-order valence-corrected chi connectivity index (χ1v) is 3.01. The fourth-order valence-electron chi connectivity index (χ4n) is 0.312. The quantitative estimate of drug-likeness (QED) is 0.440. The lowest BCUT2D eigenvalue weighted by Crippen LogP contribution is -2.02. The molecule has 0 spiro atoms. The van der Waals surface area contributed by atoms with Crippen molar-refractivity contribution in [3.8, 4) is 0 Å². The molecule has 0 aromatic heterocycles. The van der Waals surface area contributed by atoms with Gasteiger partial charge in [-0.1, -0.05) is 18.7 Å². The van der Waals surface area contributed by atoms with Crippen LogP contribution in [0.2, 0.25) is 0 Å². The summed E-state index contributed by atoms with van der Waals surface area (Å²) in [5.41, 5.74) is 1.61. The maximum Gasteiger partial charge on any atom is 0.302 e. The summed E-state index contributed by atoms with van der Waals surface area (Å²) >= 11 is 0. The van der Waals surface area contributed by atoms with Crippen molar-refractivity contribution in [1.29, 1.82) is 0 Å². The maximum atomic E-state index is 10.3. The summed E-state index contributed by atoms with van der Waals surface area (Å²) < 4.78 is 4.67. The third kappa shape index (κ3) is 3.89. The minimum absolute atomic E-state index is 0.255. The van der Waals surface area contributed by atoms with E-state index in [1.54, 1.807) is 0 Å². The summed E-state index contributed by atoms with van der Waals surface area (Å²) in [4.78, 5) is 10.3. The second kappa shape index (κ2) is 3.88. The van der Waals surface area contributed by atoms with Gasteiger partial charge in [-0.25, -0.2) is 0 Å². The molecule has 0 heterocycles. The standard InChI is InChI=1S/C8H12O2/c1-6(2)7(3)5-10-8(4)9/h1,3,5H2,2,4H3. The second-order valence-electron chi connectivity index (χ2n) is 2.16. The highest BCUT2D eigenvalue weighted by Gasteiger charge is 1.96. The highest BCUT2D eigenvalue weighted by Crippen LogP contribution is 2.02. The average Bonchev–Trinajstić information content (AvgIpc) is 1.82. The van der Waals surface area contributed by atoms with Gasteiger partial charge in [0.2, 0.25) is 0 Å². The highest BCUT2D eigenvalue weighted by atomic mass is 16.5. The van der Waals surface area contributed by atoms with E-state index in [2.05, 4.69) is 17.9 Å². The third-order valence-electron chi connectivity index (χ3n) is 1.05. The van der Waals surface area contributed by atoms with E-state index >= 15 is 0 Å². The van der Waals surface area contributed by atoms with Crippen LogP contribution in [0, 0.1) is 0 Å². The van der Waals surface area contributed by atoms with Gasteiger partial charge in [0.1, 0.15) is 6.61 Å². The van der Waals surface area contributed by atoms with Gasteiger partial charge >= 0.3 is 5.97 Å². The number of esters is 1. The van der Waals surface area contributed by atoms with E-state index in [0.717, 1.165) is 11.1 Å². The van der Waals surface area contributed by atoms with Crippen molar-refractivity contribution in [3.63, 3.8) is 0 Å². The van der Waals surface area contributed by atoms with Crippen LogP contribution in [-0.2, 0) is 9.53 Å². The first kappa shape index (κ1) is 8.95. The van der Waals surface area contributed by atoms with Crippen molar-refractivity contribution >= 4 is 5.97 Å². The van der Waals surface area contributed by atoms with Crippen LogP contribution >= 0.6 is 0 Å². The molecule has 2 heteroatoms. The Hall–Kier alpha value is -1.05. The van der Waals surface area contributed by atoms with Crippen LogP contribution in [0.4, 0.5) is 0 Å². The van der Waals surface area contributed by atoms with Crippen molar-refractivity contribution in [3.05, 3.63) is 24.3 Å². The molecule has 0 unspecified atom stereocenters. The number of hydrogen-bond acceptors (Lipinski definition) is 2. The van der Waals surface area contributed by atoms with Gasteiger partial charge in [-0.05, 0) is 12.5 Å². The summed E-state index contributed by atoms with van der Waals surface area (Å²) in [6, 6.07) is 0. The molecule has 56 valence electrons. The van der Waals surface area contributed by atoms with Crippen LogP contribution < -0.4 is 0 Å². The Kier molecular flexibility index (Phi) is 3.47. The molecule has 0 amide bonds. The predicted molar refractivity (Wildman–Crippen MR) is 40.6 cm³/mol. The molecule has 0 fully saturated rings. The van der Waals surface area contributed by atoms with Crippen LogP contribution in [-0.4, -0.2) is 12.6 Å². The molecule has 0 aromatic rings. The van der Waals surface area contributed by atoms with E-state index in [1.165, 1.54) is 6.92 Å². The minimum atomic E-state index is -0.289. The van der Waals surface area contributed by atoms with Crippen molar-refractivity contribution in [1.82, 2.24) is 0 Å². The molecule has 10 heavy (non-hydrogen) atoms. The van der Waals surface area contributed by atoms with Crippen molar-refractivity contribution in [2.75, 3.05) is 6.61 Å². The molecule has 0 radical (unpaired) electrons. The Morgan fingerprint density at radius 2 is 1.90 bits per heavy atom. The molecule has 2 nitrogen and oxygen atoms in total. The van der Waals surface area contributed by atoms with E-state index in [0.29, 0.717) is 0 Å². The molecule has 0 saturated heterocycles. The van der Waals surface area contributed by atoms with Gasteiger partial charge in [-0.2, -0.15) is 0 Å². The second-order valence-corrected chi connectivity index (χ2v) is 2.16. The first-order chi connectivity index (χ1) is 4.54. The molecule has 0 N–H and O–H groups in total. The van der Waals surface area contributed by atoms with Gasteiger partial charge in [0.15, 0.2) is 0 Å². The van der Waals surface area contributed by atoms with Gasteiger partial charge in [0.25, 0.3) is 0 Å². The van der Waals surface area contributed by atoms with E-state index < -0.39 is 0 Å². The Labute approximate surface area is 61.2 Å². The number of carbonyl (C=O) groups is 1. The zero-order valence-corrected chi connectivity index (χ0v) is 6.44. The summed E-state index contributed by atoms with van der Waals surface area (Å²) in [6.07, 6.45) is 0. The Morgan fingerprint density at radius 3 is 2.20 bits per heavy atom. The number of carbonyl (C=O) groups excluding carboxylic acids is 1. The molecule has 0 rings (SSSR count). The van der Waals surface area contributed by atoms with E-state index in [9.17, 15) is 4.79 Å². The Balaban J connectivity index is 3.60. The van der Waals surface area contributed by atoms with Gasteiger partial charge in [0.05, 0.1) is 0 Å². The van der Waals surface area contributed by atoms with Crippen LogP contribution in [0.3, 0.4) is 0 Å². The van der Waals surface area contributed by atoms with E-state index in [4.69, 9.17) is 0 Å². The summed E-state index contributed by atoms with van der Waals surface area (Å²) in [5, 5.41) is 0. The summed E-state index contributed by atoms with van der Waals surface area (Å²) in [5.74, 6) is -0.289. The molecule has 0 aliphatic rings. The SMILES string of the molecule is C=C(C)C(=C)COC(C)=O. The Morgan fingerprint density at radius 1 is 1.40 bits per heavy atom. The number of rotatable bonds is 3. The summed E-state index contributed by atoms with van der Waals surface area (Å²) in [7, 11) is 0. The smallest absolute Gasteiger partial charge is 0.302 e. The lowest BCUT2D eigenvalue weighted by molar-refractivity contribution is -0.139. The molecule has 0 saturated carbocycles. The molecular weight excluding hydrogens is 128 g/mol. The fourth-order valence-corrected chi connectivity index (χ4v) is 0.312. The van der Waals surface area contributed by atoms with Crippen LogP contribution in [0.1, 0.15) is 13.8 Å². The number of hydrogen-bond donors (Lipinski definition) is 0. The van der Waals surface area contributed by atoms with Gasteiger partial charge in [-0.3, -0.25) is 4.79 Å². The minimum Gasteiger partial charge on any atom is -0.461 e. The van der Waals surface area contributed by atoms with Crippen molar-refractivity contribution in [2.24, 2.45) is 0 Å². The first-order valence-electron chi connectivity index (χ1n) is 3.01. The predicted octanol–water partition coefficient (Wildman–Crippen LogP) is 1.68. The van der Waals surface area contributed by atoms with Crippen molar-refractivity contribution < 1.29 is 9.53 Å². The third-order valence-corrected chi connectivity index (χ3v) is 1.05. The van der Waals surface area contributed by atoms with Crippen LogP contribution in [0.15, 0.2) is 24.3 Å². The monoisotopic (exact) mass is 140 g/mol. The van der Waals surface area contributed by atoms with E-state index in [-0.39, 0.29) is 12.6 Å². The van der Waals surface area contributed by atoms with E-state index in [1.807, 2.05) is 6.92 Å². The van der Waals surface area contributed by atoms with Crippen LogP contribution in [0.5, 0.6) is 0 Å². The zero-order valence-electron chi connectivity index (χ0n) is 6.44. The molecular formula is C8H12O2. The largest absolute Gasteiger partial charge is 0.461 e. The summed E-state index contributed by atoms with van der Waals surface area (Å²) in [6.45, 7) is 10.7. The van der Waals surface area contributed by atoms with Gasteiger partial charge in [-0.15, -0.1) is 0 Å². The molecule has 0 atom stereocenters. The zero-order chi connectivity index (χ0) is 8.15. The Bertz CT molecular complexity index is 168. The fraction of sp³-hybridized carbons (Fsp3) is 0.375. The molecule has 0 bridgehead atoms. The maximum absolute atomic E-state index is 10.3.